The molecule has 1 fully saturated rings. The van der Waals surface area contributed by atoms with Crippen LogP contribution in [0.4, 0.5) is 11.5 Å². The molecular weight excluding hydrogens is 490 g/mol. The zero-order valence-electron chi connectivity index (χ0n) is 18.4. The minimum Gasteiger partial charge on any atom is -0.352 e. The van der Waals surface area contributed by atoms with E-state index in [-0.39, 0.29) is 28.7 Å². The van der Waals surface area contributed by atoms with Crippen molar-refractivity contribution in [1.82, 2.24) is 14.5 Å². The summed E-state index contributed by atoms with van der Waals surface area (Å²) in [5, 5.41) is 22.0. The molecule has 0 spiro atoms. The van der Waals surface area contributed by atoms with E-state index in [9.17, 15) is 18.5 Å². The molecule has 0 amide bonds. The highest BCUT2D eigenvalue weighted by Crippen LogP contribution is 2.30. The summed E-state index contributed by atoms with van der Waals surface area (Å²) in [6.07, 6.45) is 0. The number of hydrogen-bond donors (Lipinski definition) is 0. The lowest BCUT2D eigenvalue weighted by molar-refractivity contribution is -0.385. The number of anilines is 1. The molecule has 0 N–H and O–H groups in total. The third-order valence-electron chi connectivity index (χ3n) is 6.00. The molecule has 1 saturated heterocycles. The number of rotatable bonds is 5. The Hall–Kier alpha value is -3.60. The third kappa shape index (κ3) is 4.55. The van der Waals surface area contributed by atoms with Crippen LogP contribution in [0.25, 0.3) is 22.0 Å². The minimum atomic E-state index is -3.98. The molecule has 1 aliphatic heterocycles. The number of nitro groups is 1. The van der Waals surface area contributed by atoms with Crippen LogP contribution in [0.5, 0.6) is 0 Å². The van der Waals surface area contributed by atoms with Gasteiger partial charge in [0.1, 0.15) is 4.90 Å². The van der Waals surface area contributed by atoms with Crippen molar-refractivity contribution in [2.45, 2.75) is 4.90 Å². The third-order valence-corrected chi connectivity index (χ3v) is 8.38. The van der Waals surface area contributed by atoms with E-state index in [1.165, 1.54) is 16.4 Å². The molecule has 11 heteroatoms. The monoisotopic (exact) mass is 509 g/mol. The Bertz CT molecular complexity index is 1520. The Balaban J connectivity index is 1.29. The average molecular weight is 510 g/mol. The van der Waals surface area contributed by atoms with Gasteiger partial charge in [-0.25, -0.2) is 8.42 Å². The van der Waals surface area contributed by atoms with E-state index in [2.05, 4.69) is 28.4 Å². The first-order chi connectivity index (χ1) is 16.8. The number of nitrogens with zero attached hydrogens (tertiary/aromatic N) is 5. The van der Waals surface area contributed by atoms with E-state index in [1.54, 1.807) is 0 Å². The number of nitro benzene ring substituents is 1. The molecular formula is C24H20ClN5O4S. The van der Waals surface area contributed by atoms with E-state index in [0.717, 1.165) is 28.1 Å². The number of non-ortho nitro benzene ring substituents is 1. The fraction of sp³-hybridized carbons (Fsp3) is 0.167. The first-order valence-electron chi connectivity index (χ1n) is 10.8. The molecule has 0 saturated carbocycles. The van der Waals surface area contributed by atoms with E-state index < -0.39 is 14.9 Å². The van der Waals surface area contributed by atoms with Crippen molar-refractivity contribution in [2.24, 2.45) is 0 Å². The molecule has 1 aliphatic rings. The van der Waals surface area contributed by atoms with Crippen LogP contribution >= 0.6 is 11.6 Å². The highest BCUT2D eigenvalue weighted by atomic mass is 35.5. The van der Waals surface area contributed by atoms with Crippen molar-refractivity contribution in [3.05, 3.63) is 87.9 Å². The van der Waals surface area contributed by atoms with Gasteiger partial charge in [0, 0.05) is 43.9 Å². The summed E-state index contributed by atoms with van der Waals surface area (Å²) in [7, 11) is -3.98. The van der Waals surface area contributed by atoms with Crippen molar-refractivity contribution in [3.63, 3.8) is 0 Å². The van der Waals surface area contributed by atoms with Crippen molar-refractivity contribution in [1.29, 1.82) is 0 Å². The zero-order valence-corrected chi connectivity index (χ0v) is 20.0. The number of fused-ring (bicyclic) bond motifs is 1. The van der Waals surface area contributed by atoms with E-state index in [4.69, 9.17) is 11.6 Å². The summed E-state index contributed by atoms with van der Waals surface area (Å²) in [4.78, 5) is 12.1. The lowest BCUT2D eigenvalue weighted by Crippen LogP contribution is -2.49. The number of piperazine rings is 1. The molecule has 0 atom stereocenters. The van der Waals surface area contributed by atoms with Gasteiger partial charge in [-0.15, -0.1) is 10.2 Å². The highest BCUT2D eigenvalue weighted by Gasteiger charge is 2.31. The molecule has 178 valence electrons. The molecule has 35 heavy (non-hydrogen) atoms. The Morgan fingerprint density at radius 2 is 1.60 bits per heavy atom. The summed E-state index contributed by atoms with van der Waals surface area (Å²) in [5.74, 6) is 0.653. The molecule has 0 radical (unpaired) electrons. The maximum atomic E-state index is 13.1. The average Bonchev–Trinajstić information content (AvgIpc) is 2.88. The van der Waals surface area contributed by atoms with Gasteiger partial charge in [0.2, 0.25) is 10.0 Å². The van der Waals surface area contributed by atoms with E-state index in [1.807, 2.05) is 41.3 Å². The van der Waals surface area contributed by atoms with Crippen LogP contribution < -0.4 is 4.90 Å². The molecule has 0 bridgehead atoms. The van der Waals surface area contributed by atoms with Crippen LogP contribution in [-0.4, -0.2) is 54.0 Å². The largest absolute Gasteiger partial charge is 0.352 e. The van der Waals surface area contributed by atoms with Gasteiger partial charge in [-0.3, -0.25) is 10.1 Å². The molecule has 2 heterocycles. The number of benzene rings is 3. The lowest BCUT2D eigenvalue weighted by Gasteiger charge is -2.34. The number of sulfonamides is 1. The Morgan fingerprint density at radius 3 is 2.29 bits per heavy atom. The van der Waals surface area contributed by atoms with Gasteiger partial charge in [-0.2, -0.15) is 4.31 Å². The normalized spacial score (nSPS) is 14.8. The molecule has 9 nitrogen and oxygen atoms in total. The second kappa shape index (κ2) is 9.21. The van der Waals surface area contributed by atoms with Gasteiger partial charge < -0.3 is 4.90 Å². The standard InChI is InChI=1S/C24H20ClN5O4S/c25-21-8-7-20(30(31)32)16-23(21)35(33,34)29-13-11-28(12-14-29)24-10-9-22(26-27-24)19-6-5-17-3-1-2-4-18(17)15-19/h1-10,15-16H,11-14H2. The maximum absolute atomic E-state index is 13.1. The lowest BCUT2D eigenvalue weighted by atomic mass is 10.1. The molecule has 4 aromatic rings. The SMILES string of the molecule is O=[N+]([O-])c1ccc(Cl)c(S(=O)(=O)N2CCN(c3ccc(-c4ccc5ccccc5c4)nn3)CC2)c1. The van der Waals surface area contributed by atoms with Crippen LogP contribution in [0.2, 0.25) is 5.02 Å². The van der Waals surface area contributed by atoms with E-state index >= 15 is 0 Å². The van der Waals surface area contributed by atoms with Crippen molar-refractivity contribution in [2.75, 3.05) is 31.1 Å². The topological polar surface area (TPSA) is 110 Å². The van der Waals surface area contributed by atoms with Crippen molar-refractivity contribution < 1.29 is 13.3 Å². The number of aromatic nitrogens is 2. The summed E-state index contributed by atoms with van der Waals surface area (Å²) < 4.78 is 27.5. The van der Waals surface area contributed by atoms with Gasteiger partial charge in [-0.05, 0) is 35.0 Å². The van der Waals surface area contributed by atoms with Gasteiger partial charge in [0.15, 0.2) is 5.82 Å². The number of halogens is 1. The van der Waals surface area contributed by atoms with Crippen LogP contribution in [0.1, 0.15) is 0 Å². The predicted molar refractivity (Wildman–Crippen MR) is 134 cm³/mol. The highest BCUT2D eigenvalue weighted by molar-refractivity contribution is 7.89. The number of hydrogen-bond acceptors (Lipinski definition) is 7. The minimum absolute atomic E-state index is 0.0480. The molecule has 0 aliphatic carbocycles. The van der Waals surface area contributed by atoms with Crippen LogP contribution in [-0.2, 0) is 10.0 Å². The molecule has 0 unspecified atom stereocenters. The smallest absolute Gasteiger partial charge is 0.270 e. The molecule has 5 rings (SSSR count). The summed E-state index contributed by atoms with van der Waals surface area (Å²) >= 11 is 6.07. The fourth-order valence-electron chi connectivity index (χ4n) is 4.10. The Morgan fingerprint density at radius 1 is 0.857 bits per heavy atom. The van der Waals surface area contributed by atoms with Crippen molar-refractivity contribution in [3.8, 4) is 11.3 Å². The van der Waals surface area contributed by atoms with Gasteiger partial charge in [0.05, 0.1) is 15.6 Å². The summed E-state index contributed by atoms with van der Waals surface area (Å²) in [6, 6.07) is 21.4. The quantitative estimate of drug-likeness (QED) is 0.290. The van der Waals surface area contributed by atoms with Gasteiger partial charge in [0.25, 0.3) is 5.69 Å². The molecule has 1 aromatic heterocycles. The second-order valence-corrected chi connectivity index (χ2v) is 10.4. The zero-order chi connectivity index (χ0) is 24.6. The summed E-state index contributed by atoms with van der Waals surface area (Å²) in [5.41, 5.74) is 1.39. The first kappa shape index (κ1) is 23.2. The Labute approximate surface area is 206 Å². The molecule has 3 aromatic carbocycles. The fourth-order valence-corrected chi connectivity index (χ4v) is 6.01. The predicted octanol–water partition coefficient (Wildman–Crippen LogP) is 4.37. The van der Waals surface area contributed by atoms with Crippen LogP contribution in [0.3, 0.4) is 0 Å². The maximum Gasteiger partial charge on any atom is 0.270 e. The van der Waals surface area contributed by atoms with Crippen LogP contribution in [0.15, 0.2) is 77.7 Å². The van der Waals surface area contributed by atoms with Crippen molar-refractivity contribution >= 4 is 43.9 Å². The summed E-state index contributed by atoms with van der Waals surface area (Å²) in [6.45, 7) is 1.18. The van der Waals surface area contributed by atoms with E-state index in [0.29, 0.717) is 18.9 Å². The Kier molecular flexibility index (Phi) is 6.10. The first-order valence-corrected chi connectivity index (χ1v) is 12.7. The van der Waals surface area contributed by atoms with Gasteiger partial charge >= 0.3 is 0 Å². The second-order valence-electron chi connectivity index (χ2n) is 8.10. The van der Waals surface area contributed by atoms with Crippen LogP contribution in [0, 0.1) is 10.1 Å². The van der Waals surface area contributed by atoms with Gasteiger partial charge in [-0.1, -0.05) is 48.0 Å².